The van der Waals surface area contributed by atoms with E-state index in [0.717, 1.165) is 24.3 Å². The summed E-state index contributed by atoms with van der Waals surface area (Å²) in [5.41, 5.74) is 2.24. The summed E-state index contributed by atoms with van der Waals surface area (Å²) in [6, 6.07) is 8.27. The largest absolute Gasteiger partial charge is 0.481 e. The van der Waals surface area contributed by atoms with Crippen LogP contribution in [0.4, 0.5) is 11.4 Å². The SMILES string of the molecule is CC(C)CCN(CCC(=O)O)c1ccc(N(C)C)cc1. The molecule has 0 aliphatic heterocycles. The van der Waals surface area contributed by atoms with Crippen LogP contribution in [0.1, 0.15) is 26.7 Å². The Hall–Kier alpha value is -1.71. The van der Waals surface area contributed by atoms with Gasteiger partial charge in [0.2, 0.25) is 0 Å². The number of hydrogen-bond donors (Lipinski definition) is 1. The minimum absolute atomic E-state index is 0.174. The molecule has 1 rings (SSSR count). The molecule has 0 unspecified atom stereocenters. The summed E-state index contributed by atoms with van der Waals surface area (Å²) in [4.78, 5) is 15.0. The second-order valence-electron chi connectivity index (χ2n) is 5.72. The lowest BCUT2D eigenvalue weighted by molar-refractivity contribution is -0.136. The fraction of sp³-hybridized carbons (Fsp3) is 0.562. The van der Waals surface area contributed by atoms with Crippen molar-refractivity contribution >= 4 is 17.3 Å². The van der Waals surface area contributed by atoms with E-state index in [0.29, 0.717) is 12.5 Å². The van der Waals surface area contributed by atoms with E-state index in [1.54, 1.807) is 0 Å². The molecular formula is C16H26N2O2. The van der Waals surface area contributed by atoms with Crippen molar-refractivity contribution < 1.29 is 9.90 Å². The van der Waals surface area contributed by atoms with Crippen molar-refractivity contribution in [2.75, 3.05) is 37.0 Å². The summed E-state index contributed by atoms with van der Waals surface area (Å²) in [5.74, 6) is -0.132. The minimum Gasteiger partial charge on any atom is -0.481 e. The molecule has 1 aromatic carbocycles. The Morgan fingerprint density at radius 3 is 2.10 bits per heavy atom. The standard InChI is InChI=1S/C16H26N2O2/c1-13(2)9-11-18(12-10-16(19)20)15-7-5-14(6-8-15)17(3)4/h5-8,13H,9-12H2,1-4H3,(H,19,20). The molecule has 0 saturated heterocycles. The monoisotopic (exact) mass is 278 g/mol. The van der Waals surface area contributed by atoms with Crippen molar-refractivity contribution in [1.29, 1.82) is 0 Å². The van der Waals surface area contributed by atoms with Crippen LogP contribution in [-0.2, 0) is 4.79 Å². The molecule has 112 valence electrons. The average molecular weight is 278 g/mol. The summed E-state index contributed by atoms with van der Waals surface area (Å²) in [5, 5.41) is 8.87. The summed E-state index contributed by atoms with van der Waals surface area (Å²) >= 11 is 0. The topological polar surface area (TPSA) is 43.8 Å². The molecule has 0 radical (unpaired) electrons. The molecule has 0 bridgehead atoms. The Morgan fingerprint density at radius 2 is 1.65 bits per heavy atom. The molecule has 0 saturated carbocycles. The van der Waals surface area contributed by atoms with Gasteiger partial charge in [0.05, 0.1) is 6.42 Å². The van der Waals surface area contributed by atoms with Crippen LogP contribution in [-0.4, -0.2) is 38.3 Å². The van der Waals surface area contributed by atoms with E-state index in [1.165, 1.54) is 0 Å². The van der Waals surface area contributed by atoms with Gasteiger partial charge in [-0.2, -0.15) is 0 Å². The van der Waals surface area contributed by atoms with E-state index < -0.39 is 5.97 Å². The zero-order valence-electron chi connectivity index (χ0n) is 13.0. The first-order valence-electron chi connectivity index (χ1n) is 7.14. The highest BCUT2D eigenvalue weighted by Gasteiger charge is 2.10. The number of benzene rings is 1. The summed E-state index contributed by atoms with van der Waals surface area (Å²) in [7, 11) is 4.02. The van der Waals surface area contributed by atoms with Gasteiger partial charge in [-0.25, -0.2) is 0 Å². The number of anilines is 2. The number of carboxylic acids is 1. The van der Waals surface area contributed by atoms with Crippen molar-refractivity contribution in [3.05, 3.63) is 24.3 Å². The lowest BCUT2D eigenvalue weighted by Gasteiger charge is -2.26. The molecule has 0 aliphatic rings. The fourth-order valence-corrected chi connectivity index (χ4v) is 1.98. The molecule has 0 spiro atoms. The van der Waals surface area contributed by atoms with Gasteiger partial charge >= 0.3 is 5.97 Å². The van der Waals surface area contributed by atoms with Crippen molar-refractivity contribution in [2.24, 2.45) is 5.92 Å². The zero-order chi connectivity index (χ0) is 15.1. The molecule has 4 nitrogen and oxygen atoms in total. The smallest absolute Gasteiger partial charge is 0.305 e. The van der Waals surface area contributed by atoms with Gasteiger partial charge in [-0.05, 0) is 36.6 Å². The van der Waals surface area contributed by atoms with Crippen LogP contribution in [0.25, 0.3) is 0 Å². The van der Waals surface area contributed by atoms with Crippen molar-refractivity contribution in [2.45, 2.75) is 26.7 Å². The van der Waals surface area contributed by atoms with Crippen LogP contribution in [0.5, 0.6) is 0 Å². The third-order valence-corrected chi connectivity index (χ3v) is 3.30. The predicted octanol–water partition coefficient (Wildman–Crippen LogP) is 3.08. The van der Waals surface area contributed by atoms with E-state index in [-0.39, 0.29) is 6.42 Å². The van der Waals surface area contributed by atoms with Crippen LogP contribution in [0.3, 0.4) is 0 Å². The van der Waals surface area contributed by atoms with Crippen molar-refractivity contribution in [3.8, 4) is 0 Å². The fourth-order valence-electron chi connectivity index (χ4n) is 1.98. The maximum Gasteiger partial charge on any atom is 0.305 e. The van der Waals surface area contributed by atoms with Gasteiger partial charge in [-0.1, -0.05) is 13.8 Å². The normalized spacial score (nSPS) is 10.7. The maximum atomic E-state index is 10.8. The van der Waals surface area contributed by atoms with E-state index in [2.05, 4.69) is 47.9 Å². The highest BCUT2D eigenvalue weighted by Crippen LogP contribution is 2.20. The van der Waals surface area contributed by atoms with Gasteiger partial charge in [0.1, 0.15) is 0 Å². The van der Waals surface area contributed by atoms with Crippen LogP contribution < -0.4 is 9.80 Å². The van der Waals surface area contributed by atoms with Gasteiger partial charge in [0.25, 0.3) is 0 Å². The maximum absolute atomic E-state index is 10.8. The van der Waals surface area contributed by atoms with Crippen LogP contribution >= 0.6 is 0 Å². The molecule has 1 N–H and O–H groups in total. The summed E-state index contributed by atoms with van der Waals surface area (Å²) < 4.78 is 0. The zero-order valence-corrected chi connectivity index (χ0v) is 13.0. The minimum atomic E-state index is -0.746. The Bertz CT molecular complexity index is 413. The highest BCUT2D eigenvalue weighted by molar-refractivity contribution is 5.68. The first-order chi connectivity index (χ1) is 9.40. The number of hydrogen-bond acceptors (Lipinski definition) is 3. The Morgan fingerprint density at radius 1 is 1.10 bits per heavy atom. The molecular weight excluding hydrogens is 252 g/mol. The predicted molar refractivity (Wildman–Crippen MR) is 84.7 cm³/mol. The quantitative estimate of drug-likeness (QED) is 0.793. The van der Waals surface area contributed by atoms with Gasteiger partial charge in [-0.3, -0.25) is 4.79 Å². The van der Waals surface area contributed by atoms with E-state index in [1.807, 2.05) is 14.1 Å². The first kappa shape index (κ1) is 16.3. The number of nitrogens with zero attached hydrogens (tertiary/aromatic N) is 2. The molecule has 1 aromatic rings. The number of aliphatic carboxylic acids is 1. The van der Waals surface area contributed by atoms with Crippen molar-refractivity contribution in [3.63, 3.8) is 0 Å². The highest BCUT2D eigenvalue weighted by atomic mass is 16.4. The molecule has 0 fully saturated rings. The van der Waals surface area contributed by atoms with Gasteiger partial charge in [-0.15, -0.1) is 0 Å². The second-order valence-corrected chi connectivity index (χ2v) is 5.72. The van der Waals surface area contributed by atoms with Crippen LogP contribution in [0.15, 0.2) is 24.3 Å². The Labute approximate surface area is 122 Å². The van der Waals surface area contributed by atoms with Crippen LogP contribution in [0.2, 0.25) is 0 Å². The molecule has 4 heteroatoms. The van der Waals surface area contributed by atoms with Crippen LogP contribution in [0, 0.1) is 5.92 Å². The van der Waals surface area contributed by atoms with Gasteiger partial charge in [0, 0.05) is 38.6 Å². The molecule has 0 amide bonds. The lowest BCUT2D eigenvalue weighted by atomic mass is 10.1. The van der Waals surface area contributed by atoms with Gasteiger partial charge < -0.3 is 14.9 Å². The van der Waals surface area contributed by atoms with E-state index >= 15 is 0 Å². The molecule has 0 atom stereocenters. The molecule has 0 aromatic heterocycles. The van der Waals surface area contributed by atoms with Crippen molar-refractivity contribution in [1.82, 2.24) is 0 Å². The number of carboxylic acid groups (broad SMARTS) is 1. The summed E-state index contributed by atoms with van der Waals surface area (Å²) in [6.07, 6.45) is 1.24. The first-order valence-corrected chi connectivity index (χ1v) is 7.14. The number of rotatable bonds is 8. The van der Waals surface area contributed by atoms with Gasteiger partial charge in [0.15, 0.2) is 0 Å². The van der Waals surface area contributed by atoms with E-state index in [9.17, 15) is 4.79 Å². The second kappa shape index (κ2) is 7.78. The van der Waals surface area contributed by atoms with E-state index in [4.69, 9.17) is 5.11 Å². The Kier molecular flexibility index (Phi) is 6.36. The third-order valence-electron chi connectivity index (χ3n) is 3.30. The number of carbonyl (C=O) groups is 1. The summed E-state index contributed by atoms with van der Waals surface area (Å²) in [6.45, 7) is 5.82. The molecule has 20 heavy (non-hydrogen) atoms. The lowest BCUT2D eigenvalue weighted by Crippen LogP contribution is -2.28. The molecule has 0 aliphatic carbocycles. The average Bonchev–Trinajstić information content (AvgIpc) is 2.38. The molecule has 0 heterocycles. The third kappa shape index (κ3) is 5.51. The Balaban J connectivity index is 2.76.